The van der Waals surface area contributed by atoms with Crippen molar-refractivity contribution in [2.45, 2.75) is 58.7 Å². The minimum absolute atomic E-state index is 0.242. The summed E-state index contributed by atoms with van der Waals surface area (Å²) in [7, 11) is 0. The van der Waals surface area contributed by atoms with Gasteiger partial charge >= 0.3 is 0 Å². The second-order valence-electron chi connectivity index (χ2n) is 6.35. The van der Waals surface area contributed by atoms with Gasteiger partial charge in [0.2, 0.25) is 0 Å². The highest BCUT2D eigenvalue weighted by molar-refractivity contribution is 7.11. The smallest absolute Gasteiger partial charge is 0.0253 e. The molecule has 2 nitrogen and oxygen atoms in total. The lowest BCUT2D eigenvalue weighted by Gasteiger charge is -2.46. The molecule has 1 N–H and O–H groups in total. The molecular formula is C15H26N2S. The third-order valence-corrected chi connectivity index (χ3v) is 4.90. The van der Waals surface area contributed by atoms with Gasteiger partial charge in [-0.2, -0.15) is 0 Å². The minimum Gasteiger partial charge on any atom is -0.309 e. The zero-order valence-electron chi connectivity index (χ0n) is 12.3. The largest absolute Gasteiger partial charge is 0.309 e. The summed E-state index contributed by atoms with van der Waals surface area (Å²) in [6.07, 6.45) is 1.18. The molecule has 2 unspecified atom stereocenters. The average Bonchev–Trinajstić information content (AvgIpc) is 2.67. The van der Waals surface area contributed by atoms with E-state index >= 15 is 0 Å². The van der Waals surface area contributed by atoms with Crippen LogP contribution >= 0.6 is 11.3 Å². The SMILES string of the molecule is Cc1ccc(CC(C)N2CC(C)(C)NCC2C)s1. The summed E-state index contributed by atoms with van der Waals surface area (Å²) >= 11 is 1.94. The summed E-state index contributed by atoms with van der Waals surface area (Å²) in [6, 6.07) is 5.78. The Morgan fingerprint density at radius 3 is 2.83 bits per heavy atom. The first-order valence-corrected chi connectivity index (χ1v) is 7.75. The van der Waals surface area contributed by atoms with Gasteiger partial charge in [-0.05, 0) is 53.2 Å². The van der Waals surface area contributed by atoms with Crippen molar-refractivity contribution >= 4 is 11.3 Å². The molecule has 0 aromatic carbocycles. The maximum atomic E-state index is 3.62. The predicted molar refractivity (Wildman–Crippen MR) is 80.5 cm³/mol. The molecule has 102 valence electrons. The molecule has 0 radical (unpaired) electrons. The predicted octanol–water partition coefficient (Wildman–Crippen LogP) is 3.06. The Morgan fingerprint density at radius 1 is 1.50 bits per heavy atom. The van der Waals surface area contributed by atoms with Crippen LogP contribution in [0.5, 0.6) is 0 Å². The van der Waals surface area contributed by atoms with Crippen LogP contribution < -0.4 is 5.32 Å². The van der Waals surface area contributed by atoms with Crippen LogP contribution in [0.1, 0.15) is 37.4 Å². The lowest BCUT2D eigenvalue weighted by molar-refractivity contribution is 0.0695. The Bertz CT molecular complexity index is 397. The van der Waals surface area contributed by atoms with Crippen LogP contribution in [-0.2, 0) is 6.42 Å². The van der Waals surface area contributed by atoms with E-state index in [-0.39, 0.29) is 5.54 Å². The minimum atomic E-state index is 0.242. The van der Waals surface area contributed by atoms with E-state index < -0.39 is 0 Å². The fourth-order valence-electron chi connectivity index (χ4n) is 2.80. The molecule has 3 heteroatoms. The van der Waals surface area contributed by atoms with Crippen LogP contribution in [0.15, 0.2) is 12.1 Å². The van der Waals surface area contributed by atoms with Crippen molar-refractivity contribution in [2.75, 3.05) is 13.1 Å². The van der Waals surface area contributed by atoms with Crippen LogP contribution in [0.4, 0.5) is 0 Å². The van der Waals surface area contributed by atoms with Gasteiger partial charge in [0.05, 0.1) is 0 Å². The Labute approximate surface area is 115 Å². The number of nitrogens with one attached hydrogen (secondary N) is 1. The molecule has 2 rings (SSSR count). The molecule has 1 fully saturated rings. The Hall–Kier alpha value is -0.380. The van der Waals surface area contributed by atoms with Crippen molar-refractivity contribution in [1.82, 2.24) is 10.2 Å². The third kappa shape index (κ3) is 3.34. The van der Waals surface area contributed by atoms with Crippen molar-refractivity contribution in [1.29, 1.82) is 0 Å². The van der Waals surface area contributed by atoms with Gasteiger partial charge in [-0.15, -0.1) is 11.3 Å². The van der Waals surface area contributed by atoms with Crippen molar-refractivity contribution in [3.8, 4) is 0 Å². The van der Waals surface area contributed by atoms with E-state index in [0.717, 1.165) is 13.1 Å². The number of rotatable bonds is 3. The summed E-state index contributed by atoms with van der Waals surface area (Å²) in [5.41, 5.74) is 0.242. The zero-order chi connectivity index (χ0) is 13.3. The fraction of sp³-hybridized carbons (Fsp3) is 0.733. The second kappa shape index (κ2) is 5.32. The van der Waals surface area contributed by atoms with Gasteiger partial charge in [0.1, 0.15) is 0 Å². The number of hydrogen-bond acceptors (Lipinski definition) is 3. The standard InChI is InChI=1S/C15H26N2S/c1-11(8-14-7-6-13(3)18-14)17-10-15(4,5)16-9-12(17)2/h6-7,11-12,16H,8-10H2,1-5H3. The molecule has 0 amide bonds. The van der Waals surface area contributed by atoms with Gasteiger partial charge in [0, 0.05) is 40.5 Å². The van der Waals surface area contributed by atoms with Gasteiger partial charge in [-0.3, -0.25) is 4.90 Å². The van der Waals surface area contributed by atoms with Gasteiger partial charge in [-0.25, -0.2) is 0 Å². The van der Waals surface area contributed by atoms with E-state index in [4.69, 9.17) is 0 Å². The lowest BCUT2D eigenvalue weighted by Crippen LogP contribution is -2.62. The molecule has 2 heterocycles. The van der Waals surface area contributed by atoms with Gasteiger partial charge in [-0.1, -0.05) is 0 Å². The summed E-state index contributed by atoms with van der Waals surface area (Å²) in [5, 5.41) is 3.62. The molecule has 0 saturated carbocycles. The maximum Gasteiger partial charge on any atom is 0.0253 e. The van der Waals surface area contributed by atoms with Crippen molar-refractivity contribution in [3.63, 3.8) is 0 Å². The van der Waals surface area contributed by atoms with Crippen LogP contribution in [0.25, 0.3) is 0 Å². The monoisotopic (exact) mass is 266 g/mol. The lowest BCUT2D eigenvalue weighted by atomic mass is 9.97. The highest BCUT2D eigenvalue weighted by Gasteiger charge is 2.32. The molecule has 1 aromatic rings. The molecule has 18 heavy (non-hydrogen) atoms. The van der Waals surface area contributed by atoms with E-state index in [1.807, 2.05) is 11.3 Å². The maximum absolute atomic E-state index is 3.62. The molecule has 0 bridgehead atoms. The number of piperazine rings is 1. The molecule has 1 aromatic heterocycles. The first-order chi connectivity index (χ1) is 8.37. The van der Waals surface area contributed by atoms with Crippen LogP contribution in [0.2, 0.25) is 0 Å². The first-order valence-electron chi connectivity index (χ1n) is 6.93. The van der Waals surface area contributed by atoms with Crippen molar-refractivity contribution in [2.24, 2.45) is 0 Å². The number of nitrogens with zero attached hydrogens (tertiary/aromatic N) is 1. The van der Waals surface area contributed by atoms with E-state index in [0.29, 0.717) is 12.1 Å². The quantitative estimate of drug-likeness (QED) is 0.904. The summed E-state index contributed by atoms with van der Waals surface area (Å²) in [6.45, 7) is 13.7. The number of aryl methyl sites for hydroxylation is 1. The normalized spacial score (nSPS) is 26.2. The summed E-state index contributed by atoms with van der Waals surface area (Å²) in [4.78, 5) is 5.60. The average molecular weight is 266 g/mol. The topological polar surface area (TPSA) is 15.3 Å². The summed E-state index contributed by atoms with van der Waals surface area (Å²) < 4.78 is 0. The first kappa shape index (κ1) is 14.0. The van der Waals surface area contributed by atoms with Crippen LogP contribution in [0, 0.1) is 6.92 Å². The molecule has 0 aliphatic carbocycles. The van der Waals surface area contributed by atoms with Gasteiger partial charge < -0.3 is 5.32 Å². The van der Waals surface area contributed by atoms with E-state index in [9.17, 15) is 0 Å². The molecule has 2 atom stereocenters. The molecule has 1 saturated heterocycles. The second-order valence-corrected chi connectivity index (χ2v) is 7.72. The highest BCUT2D eigenvalue weighted by Crippen LogP contribution is 2.22. The highest BCUT2D eigenvalue weighted by atomic mass is 32.1. The molecule has 1 aliphatic rings. The van der Waals surface area contributed by atoms with Gasteiger partial charge in [0.15, 0.2) is 0 Å². The zero-order valence-corrected chi connectivity index (χ0v) is 13.1. The molecular weight excluding hydrogens is 240 g/mol. The van der Waals surface area contributed by atoms with Crippen molar-refractivity contribution in [3.05, 3.63) is 21.9 Å². The van der Waals surface area contributed by atoms with Gasteiger partial charge in [0.25, 0.3) is 0 Å². The Balaban J connectivity index is 2.00. The molecule has 0 spiro atoms. The van der Waals surface area contributed by atoms with E-state index in [2.05, 4.69) is 57.0 Å². The summed E-state index contributed by atoms with van der Waals surface area (Å²) in [5.74, 6) is 0. The number of thiophene rings is 1. The van der Waals surface area contributed by atoms with E-state index in [1.165, 1.54) is 16.2 Å². The van der Waals surface area contributed by atoms with Crippen LogP contribution in [-0.4, -0.2) is 35.6 Å². The van der Waals surface area contributed by atoms with Crippen LogP contribution in [0.3, 0.4) is 0 Å². The third-order valence-electron chi connectivity index (χ3n) is 3.88. The molecule has 1 aliphatic heterocycles. The number of hydrogen-bond donors (Lipinski definition) is 1. The van der Waals surface area contributed by atoms with E-state index in [1.54, 1.807) is 0 Å². The fourth-order valence-corrected chi connectivity index (χ4v) is 3.81. The van der Waals surface area contributed by atoms with Crippen molar-refractivity contribution < 1.29 is 0 Å². The Kier molecular flexibility index (Phi) is 4.15. The Morgan fingerprint density at radius 2 is 2.22 bits per heavy atom.